The highest BCUT2D eigenvalue weighted by molar-refractivity contribution is 7.13. The Hall–Kier alpha value is -1.49. The molecule has 2 rings (SSSR count). The molecule has 0 amide bonds. The van der Waals surface area contributed by atoms with E-state index >= 15 is 0 Å². The number of H-pyrrole nitrogens is 1. The Kier molecular flexibility index (Phi) is 2.17. The molecule has 0 unspecified atom stereocenters. The number of hydrogen-bond acceptors (Lipinski definition) is 2. The summed E-state index contributed by atoms with van der Waals surface area (Å²) in [5.74, 6) is -1.19. The van der Waals surface area contributed by atoms with Gasteiger partial charge < -0.3 is 0 Å². The largest absolute Gasteiger partial charge is 0.329 e. The third-order valence-corrected chi connectivity index (χ3v) is 2.49. The Morgan fingerprint density at radius 1 is 1.29 bits per heavy atom. The quantitative estimate of drug-likeness (QED) is 0.774. The van der Waals surface area contributed by atoms with Gasteiger partial charge in [0.2, 0.25) is 0 Å². The zero-order valence-electron chi connectivity index (χ0n) is 7.05. The summed E-state index contributed by atoms with van der Waals surface area (Å²) in [6, 6.07) is 3.43. The van der Waals surface area contributed by atoms with Crippen LogP contribution in [-0.2, 0) is 0 Å². The van der Waals surface area contributed by atoms with E-state index in [1.165, 1.54) is 23.5 Å². The minimum atomic E-state index is -0.598. The van der Waals surface area contributed by atoms with Crippen molar-refractivity contribution in [2.24, 2.45) is 0 Å². The molecule has 0 bridgehead atoms. The van der Waals surface area contributed by atoms with Crippen LogP contribution in [0, 0.1) is 11.6 Å². The first-order chi connectivity index (χ1) is 6.66. The lowest BCUT2D eigenvalue weighted by Crippen LogP contribution is -2.07. The number of anilines is 1. The standard InChI is InChI=1S/C9H6F2N2S/c10-5-1-2-6(7(11)3-5)8-4-14-9(12)13-8/h1-4H,(H2,12,13)/p+1. The Balaban J connectivity index is 2.52. The van der Waals surface area contributed by atoms with E-state index in [0.717, 1.165) is 6.07 Å². The predicted octanol–water partition coefficient (Wildman–Crippen LogP) is 2.09. The fourth-order valence-corrected chi connectivity index (χ4v) is 1.75. The van der Waals surface area contributed by atoms with Crippen molar-refractivity contribution in [3.8, 4) is 11.3 Å². The minimum Gasteiger partial charge on any atom is -0.278 e. The van der Waals surface area contributed by atoms with E-state index in [4.69, 9.17) is 5.73 Å². The first kappa shape index (κ1) is 9.08. The number of thiazole rings is 1. The summed E-state index contributed by atoms with van der Waals surface area (Å²) in [5, 5.41) is 2.18. The number of rotatable bonds is 1. The van der Waals surface area contributed by atoms with Crippen molar-refractivity contribution >= 4 is 16.5 Å². The molecule has 3 N–H and O–H groups in total. The van der Waals surface area contributed by atoms with E-state index in [1.807, 2.05) is 0 Å². The third-order valence-electron chi connectivity index (χ3n) is 1.78. The number of aromatic nitrogens is 1. The fourth-order valence-electron chi connectivity index (χ4n) is 1.15. The molecule has 1 aromatic heterocycles. The highest BCUT2D eigenvalue weighted by Gasteiger charge is 2.11. The van der Waals surface area contributed by atoms with Gasteiger partial charge in [0.1, 0.15) is 17.3 Å². The molecule has 0 aliphatic carbocycles. The second-order valence-electron chi connectivity index (χ2n) is 2.76. The van der Waals surface area contributed by atoms with Gasteiger partial charge in [0, 0.05) is 11.4 Å². The Morgan fingerprint density at radius 3 is 2.64 bits per heavy atom. The van der Waals surface area contributed by atoms with Gasteiger partial charge in [0.15, 0.2) is 0 Å². The van der Waals surface area contributed by atoms with Gasteiger partial charge >= 0.3 is 5.13 Å². The molecule has 1 heterocycles. The lowest BCUT2D eigenvalue weighted by molar-refractivity contribution is -0.340. The highest BCUT2D eigenvalue weighted by atomic mass is 32.1. The van der Waals surface area contributed by atoms with Crippen molar-refractivity contribution in [1.29, 1.82) is 0 Å². The van der Waals surface area contributed by atoms with E-state index in [-0.39, 0.29) is 0 Å². The average Bonchev–Trinajstić information content (AvgIpc) is 2.51. The summed E-state index contributed by atoms with van der Waals surface area (Å²) < 4.78 is 25.8. The zero-order valence-corrected chi connectivity index (χ0v) is 7.87. The first-order valence-electron chi connectivity index (χ1n) is 3.88. The summed E-state index contributed by atoms with van der Waals surface area (Å²) in [6.45, 7) is 0. The van der Waals surface area contributed by atoms with Crippen LogP contribution in [0.5, 0.6) is 0 Å². The monoisotopic (exact) mass is 213 g/mol. The van der Waals surface area contributed by atoms with Crippen LogP contribution >= 0.6 is 11.3 Å². The number of aromatic amines is 1. The molecule has 0 saturated heterocycles. The SMILES string of the molecule is Nc1[nH+]c(-c2ccc(F)cc2F)cs1. The number of nitrogens with two attached hydrogens (primary N) is 1. The van der Waals surface area contributed by atoms with Gasteiger partial charge in [-0.2, -0.15) is 0 Å². The maximum atomic E-state index is 13.2. The molecule has 0 aliphatic heterocycles. The van der Waals surface area contributed by atoms with Crippen LogP contribution in [0.1, 0.15) is 0 Å². The molecule has 0 atom stereocenters. The molecule has 2 aromatic rings. The molecule has 0 aliphatic rings. The van der Waals surface area contributed by atoms with Crippen LogP contribution in [0.15, 0.2) is 23.6 Å². The third kappa shape index (κ3) is 1.58. The first-order valence-corrected chi connectivity index (χ1v) is 4.76. The van der Waals surface area contributed by atoms with Crippen LogP contribution < -0.4 is 10.7 Å². The molecular formula is C9H7F2N2S+. The van der Waals surface area contributed by atoms with Crippen LogP contribution in [-0.4, -0.2) is 0 Å². The van der Waals surface area contributed by atoms with Crippen molar-refractivity contribution in [1.82, 2.24) is 0 Å². The summed E-state index contributed by atoms with van der Waals surface area (Å²) in [6.07, 6.45) is 0. The van der Waals surface area contributed by atoms with E-state index in [1.54, 1.807) is 5.38 Å². The molecular weight excluding hydrogens is 206 g/mol. The van der Waals surface area contributed by atoms with Crippen molar-refractivity contribution in [3.05, 3.63) is 35.2 Å². The second-order valence-corrected chi connectivity index (χ2v) is 3.67. The van der Waals surface area contributed by atoms with Crippen molar-refractivity contribution in [2.45, 2.75) is 0 Å². The van der Waals surface area contributed by atoms with E-state index in [2.05, 4.69) is 4.98 Å². The number of halogens is 2. The van der Waals surface area contributed by atoms with E-state index < -0.39 is 11.6 Å². The topological polar surface area (TPSA) is 40.2 Å². The van der Waals surface area contributed by atoms with E-state index in [9.17, 15) is 8.78 Å². The number of nitrogens with one attached hydrogen (secondary N) is 1. The van der Waals surface area contributed by atoms with Crippen molar-refractivity contribution < 1.29 is 13.8 Å². The maximum Gasteiger partial charge on any atom is 0.329 e. The highest BCUT2D eigenvalue weighted by Crippen LogP contribution is 2.22. The predicted molar refractivity (Wildman–Crippen MR) is 50.6 cm³/mol. The minimum absolute atomic E-state index is 0.319. The van der Waals surface area contributed by atoms with Crippen molar-refractivity contribution in [3.63, 3.8) is 0 Å². The van der Waals surface area contributed by atoms with Crippen LogP contribution in [0.2, 0.25) is 0 Å². The van der Waals surface area contributed by atoms with Gasteiger partial charge in [-0.15, -0.1) is 0 Å². The van der Waals surface area contributed by atoms with Gasteiger partial charge in [-0.05, 0) is 12.1 Å². The Labute approximate surface area is 83.0 Å². The summed E-state index contributed by atoms with van der Waals surface area (Å²) in [4.78, 5) is 2.79. The molecule has 2 nitrogen and oxygen atoms in total. The van der Waals surface area contributed by atoms with Crippen LogP contribution in [0.25, 0.3) is 11.3 Å². The molecule has 1 aromatic carbocycles. The Morgan fingerprint density at radius 2 is 2.07 bits per heavy atom. The normalized spacial score (nSPS) is 10.4. The van der Waals surface area contributed by atoms with Crippen LogP contribution in [0.4, 0.5) is 13.9 Å². The molecule has 0 radical (unpaired) electrons. The molecule has 72 valence electrons. The van der Waals surface area contributed by atoms with Gasteiger partial charge in [-0.25, -0.2) is 13.8 Å². The second kappa shape index (κ2) is 3.34. The van der Waals surface area contributed by atoms with Gasteiger partial charge in [-0.3, -0.25) is 5.73 Å². The summed E-state index contributed by atoms with van der Waals surface area (Å²) in [5.41, 5.74) is 6.34. The molecule has 0 spiro atoms. The molecule has 14 heavy (non-hydrogen) atoms. The summed E-state index contributed by atoms with van der Waals surface area (Å²) in [7, 11) is 0. The number of benzene rings is 1. The van der Waals surface area contributed by atoms with Crippen LogP contribution in [0.3, 0.4) is 0 Å². The number of nitrogen functional groups attached to an aromatic ring is 1. The summed E-state index contributed by atoms with van der Waals surface area (Å²) >= 11 is 1.27. The van der Waals surface area contributed by atoms with Gasteiger partial charge in [0.05, 0.1) is 5.56 Å². The van der Waals surface area contributed by atoms with E-state index in [0.29, 0.717) is 16.4 Å². The molecule has 0 saturated carbocycles. The maximum absolute atomic E-state index is 13.2. The smallest absolute Gasteiger partial charge is 0.278 e. The zero-order chi connectivity index (χ0) is 10.1. The Bertz CT molecular complexity index is 468. The lowest BCUT2D eigenvalue weighted by atomic mass is 10.1. The van der Waals surface area contributed by atoms with Crippen molar-refractivity contribution in [2.75, 3.05) is 5.73 Å². The average molecular weight is 213 g/mol. The lowest BCUT2D eigenvalue weighted by Gasteiger charge is -1.96. The van der Waals surface area contributed by atoms with Gasteiger partial charge in [0.25, 0.3) is 0 Å². The molecule has 5 heteroatoms. The molecule has 0 fully saturated rings. The number of hydrogen-bond donors (Lipinski definition) is 1. The van der Waals surface area contributed by atoms with Gasteiger partial charge in [-0.1, -0.05) is 11.3 Å². The fraction of sp³-hybridized carbons (Fsp3) is 0.